The molecule has 0 bridgehead atoms. The summed E-state index contributed by atoms with van der Waals surface area (Å²) < 4.78 is 0. The Balaban J connectivity index is 1.37. The van der Waals surface area contributed by atoms with Crippen molar-refractivity contribution in [2.75, 3.05) is 18.0 Å². The Kier molecular flexibility index (Phi) is 5.59. The highest BCUT2D eigenvalue weighted by atomic mass is 32.1. The summed E-state index contributed by atoms with van der Waals surface area (Å²) in [4.78, 5) is 20.6. The molecule has 1 amide bonds. The Labute approximate surface area is 203 Å². The summed E-state index contributed by atoms with van der Waals surface area (Å²) in [6.07, 6.45) is 6.24. The second kappa shape index (κ2) is 8.89. The van der Waals surface area contributed by atoms with E-state index in [1.807, 2.05) is 41.4 Å². The van der Waals surface area contributed by atoms with E-state index in [0.29, 0.717) is 11.5 Å². The van der Waals surface area contributed by atoms with Gasteiger partial charge in [0.05, 0.1) is 6.04 Å². The Hall–Kier alpha value is -3.16. The van der Waals surface area contributed by atoms with Crippen LogP contribution < -0.4 is 10.2 Å². The summed E-state index contributed by atoms with van der Waals surface area (Å²) in [5.41, 5.74) is 2.79. The molecule has 0 unspecified atom stereocenters. The van der Waals surface area contributed by atoms with Gasteiger partial charge in [0.2, 0.25) is 0 Å². The second-order valence-corrected chi connectivity index (χ2v) is 10.3. The number of nitrogens with one attached hydrogen (secondary N) is 1. The maximum Gasteiger partial charge on any atom is 0.259 e. The van der Waals surface area contributed by atoms with E-state index in [0.717, 1.165) is 63.7 Å². The van der Waals surface area contributed by atoms with Crippen molar-refractivity contribution in [1.29, 1.82) is 0 Å². The van der Waals surface area contributed by atoms with Crippen LogP contribution in [0.2, 0.25) is 0 Å². The van der Waals surface area contributed by atoms with Crippen molar-refractivity contribution in [1.82, 2.24) is 20.5 Å². The molecule has 1 saturated heterocycles. The molecule has 0 radical (unpaired) electrons. The van der Waals surface area contributed by atoms with Gasteiger partial charge >= 0.3 is 0 Å². The molecule has 1 aliphatic heterocycles. The lowest BCUT2D eigenvalue weighted by molar-refractivity contribution is 0.0972. The molecule has 4 aromatic rings. The standard InChI is InChI=1S/C27H27N5OS/c1-17-4-2-5-18-13-15-29-24(23(17)18)32(22-6-3-14-28-16-22)27(33)21-11-9-20(10-12-21)26-31-30-25(34-26)19-7-8-19/h2,4-5,9-13,15,19,22,28H,3,6-8,14,16H2,1H3/t22-/m1/s1. The van der Waals surface area contributed by atoms with Crippen molar-refractivity contribution in [3.63, 3.8) is 0 Å². The van der Waals surface area contributed by atoms with E-state index in [2.05, 4.69) is 40.6 Å². The van der Waals surface area contributed by atoms with Crippen LogP contribution in [0.3, 0.4) is 0 Å². The number of fused-ring (bicyclic) bond motifs is 1. The van der Waals surface area contributed by atoms with Crippen LogP contribution in [-0.2, 0) is 0 Å². The van der Waals surface area contributed by atoms with Gasteiger partial charge in [-0.05, 0) is 68.3 Å². The Morgan fingerprint density at radius 2 is 1.91 bits per heavy atom. The maximum atomic E-state index is 14.0. The molecular weight excluding hydrogens is 442 g/mol. The number of hydrogen-bond acceptors (Lipinski definition) is 6. The van der Waals surface area contributed by atoms with Crippen molar-refractivity contribution in [3.8, 4) is 10.6 Å². The summed E-state index contributed by atoms with van der Waals surface area (Å²) >= 11 is 1.66. The molecule has 6 rings (SSSR count). The lowest BCUT2D eigenvalue weighted by atomic mass is 10.0. The van der Waals surface area contributed by atoms with E-state index >= 15 is 0 Å². The number of hydrogen-bond donors (Lipinski definition) is 1. The van der Waals surface area contributed by atoms with Crippen LogP contribution in [0.25, 0.3) is 21.3 Å². The van der Waals surface area contributed by atoms with E-state index in [1.54, 1.807) is 11.3 Å². The predicted molar refractivity (Wildman–Crippen MR) is 137 cm³/mol. The number of nitrogens with zero attached hydrogens (tertiary/aromatic N) is 4. The molecule has 6 nitrogen and oxygen atoms in total. The average molecular weight is 470 g/mol. The van der Waals surface area contributed by atoms with Crippen LogP contribution in [-0.4, -0.2) is 40.2 Å². The van der Waals surface area contributed by atoms with E-state index in [-0.39, 0.29) is 11.9 Å². The van der Waals surface area contributed by atoms with Gasteiger partial charge in [-0.15, -0.1) is 10.2 Å². The largest absolute Gasteiger partial charge is 0.315 e. The van der Waals surface area contributed by atoms with Gasteiger partial charge in [0.15, 0.2) is 0 Å². The molecule has 1 atom stereocenters. The molecule has 1 N–H and O–H groups in total. The normalized spacial score (nSPS) is 18.2. The number of piperidine rings is 1. The first kappa shape index (κ1) is 21.4. The lowest BCUT2D eigenvalue weighted by Crippen LogP contribution is -2.49. The van der Waals surface area contributed by atoms with Crippen molar-refractivity contribution < 1.29 is 4.79 Å². The number of carbonyl (C=O) groups excluding carboxylic acids is 1. The van der Waals surface area contributed by atoms with E-state index in [9.17, 15) is 4.79 Å². The number of aryl methyl sites for hydroxylation is 1. The highest BCUT2D eigenvalue weighted by Gasteiger charge is 2.31. The highest BCUT2D eigenvalue weighted by Crippen LogP contribution is 2.42. The molecule has 3 heterocycles. The molecule has 1 saturated carbocycles. The summed E-state index contributed by atoms with van der Waals surface area (Å²) in [5, 5.41) is 16.4. The first-order chi connectivity index (χ1) is 16.7. The van der Waals surface area contributed by atoms with Gasteiger partial charge in [0.1, 0.15) is 15.8 Å². The van der Waals surface area contributed by atoms with Crippen LogP contribution >= 0.6 is 11.3 Å². The number of aromatic nitrogens is 3. The van der Waals surface area contributed by atoms with Gasteiger partial charge in [-0.25, -0.2) is 4.98 Å². The number of benzene rings is 2. The van der Waals surface area contributed by atoms with Crippen LogP contribution in [0, 0.1) is 6.92 Å². The first-order valence-corrected chi connectivity index (χ1v) is 12.8. The zero-order valence-corrected chi connectivity index (χ0v) is 20.0. The van der Waals surface area contributed by atoms with Gasteiger partial charge in [0.25, 0.3) is 5.91 Å². The Morgan fingerprint density at radius 1 is 1.06 bits per heavy atom. The van der Waals surface area contributed by atoms with Gasteiger partial charge in [0, 0.05) is 35.2 Å². The van der Waals surface area contributed by atoms with Crippen molar-refractivity contribution in [2.45, 2.75) is 44.6 Å². The van der Waals surface area contributed by atoms with Crippen molar-refractivity contribution >= 4 is 33.8 Å². The van der Waals surface area contributed by atoms with E-state index in [4.69, 9.17) is 4.98 Å². The smallest absolute Gasteiger partial charge is 0.259 e. The fourth-order valence-electron chi connectivity index (χ4n) is 4.80. The number of anilines is 1. The zero-order valence-electron chi connectivity index (χ0n) is 19.2. The summed E-state index contributed by atoms with van der Waals surface area (Å²) in [5.74, 6) is 1.33. The number of carbonyl (C=O) groups is 1. The fourth-order valence-corrected chi connectivity index (χ4v) is 5.82. The highest BCUT2D eigenvalue weighted by molar-refractivity contribution is 7.14. The number of amides is 1. The molecule has 0 spiro atoms. The Bertz CT molecular complexity index is 1330. The maximum absolute atomic E-state index is 14.0. The lowest BCUT2D eigenvalue weighted by Gasteiger charge is -2.35. The molecule has 7 heteroatoms. The molecular formula is C27H27N5OS. The number of rotatable bonds is 5. The Morgan fingerprint density at radius 3 is 2.68 bits per heavy atom. The van der Waals surface area contributed by atoms with Gasteiger partial charge in [-0.2, -0.15) is 0 Å². The second-order valence-electron chi connectivity index (χ2n) is 9.28. The summed E-state index contributed by atoms with van der Waals surface area (Å²) in [6.45, 7) is 3.84. The van der Waals surface area contributed by atoms with E-state index in [1.165, 1.54) is 12.8 Å². The minimum absolute atomic E-state index is 0.0144. The van der Waals surface area contributed by atoms with Crippen molar-refractivity contribution in [3.05, 3.63) is 70.9 Å². The zero-order chi connectivity index (χ0) is 23.1. The number of pyridine rings is 1. The quantitative estimate of drug-likeness (QED) is 0.427. The predicted octanol–water partition coefficient (Wildman–Crippen LogP) is 5.34. The summed E-state index contributed by atoms with van der Waals surface area (Å²) in [7, 11) is 0. The molecule has 2 aromatic heterocycles. The molecule has 172 valence electrons. The topological polar surface area (TPSA) is 71.0 Å². The monoisotopic (exact) mass is 469 g/mol. The van der Waals surface area contributed by atoms with E-state index < -0.39 is 0 Å². The third-order valence-electron chi connectivity index (χ3n) is 6.81. The van der Waals surface area contributed by atoms with Gasteiger partial charge in [-0.3, -0.25) is 9.69 Å². The van der Waals surface area contributed by atoms with Gasteiger partial charge in [-0.1, -0.05) is 41.7 Å². The molecule has 1 aliphatic carbocycles. The molecule has 2 fully saturated rings. The average Bonchev–Trinajstić information content (AvgIpc) is 3.61. The minimum atomic E-state index is -0.0144. The third-order valence-corrected chi connectivity index (χ3v) is 7.94. The molecule has 2 aliphatic rings. The fraction of sp³-hybridized carbons (Fsp3) is 0.333. The van der Waals surface area contributed by atoms with Crippen LogP contribution in [0.5, 0.6) is 0 Å². The van der Waals surface area contributed by atoms with Crippen LogP contribution in [0.4, 0.5) is 5.82 Å². The molecule has 34 heavy (non-hydrogen) atoms. The SMILES string of the molecule is Cc1cccc2ccnc(N(C(=O)c3ccc(-c4nnc(C5CC5)s4)cc3)[C@@H]3CCCNC3)c12. The molecule has 2 aromatic carbocycles. The first-order valence-electron chi connectivity index (χ1n) is 12.0. The van der Waals surface area contributed by atoms with Crippen LogP contribution in [0.1, 0.15) is 52.5 Å². The minimum Gasteiger partial charge on any atom is -0.315 e. The third kappa shape index (κ3) is 3.99. The van der Waals surface area contributed by atoms with Gasteiger partial charge < -0.3 is 5.32 Å². The van der Waals surface area contributed by atoms with Crippen LogP contribution in [0.15, 0.2) is 54.7 Å². The summed E-state index contributed by atoms with van der Waals surface area (Å²) in [6, 6.07) is 16.1. The van der Waals surface area contributed by atoms with Crippen molar-refractivity contribution in [2.24, 2.45) is 0 Å².